The number of amides is 1. The first-order valence-electron chi connectivity index (χ1n) is 5.84. The first kappa shape index (κ1) is 19.6. The van der Waals surface area contributed by atoms with Gasteiger partial charge in [0.25, 0.3) is 6.43 Å². The average molecular weight is 456 g/mol. The summed E-state index contributed by atoms with van der Waals surface area (Å²) in [6, 6.07) is 1.27. The van der Waals surface area contributed by atoms with Gasteiger partial charge >= 0.3 is 0 Å². The summed E-state index contributed by atoms with van der Waals surface area (Å²) in [6.45, 7) is -0.997. The molecule has 1 unspecified atom stereocenters. The van der Waals surface area contributed by atoms with Gasteiger partial charge in [0.2, 0.25) is 5.91 Å². The molecule has 0 aromatic heterocycles. The van der Waals surface area contributed by atoms with E-state index in [4.69, 9.17) is 5.11 Å². The minimum atomic E-state index is -2.87. The van der Waals surface area contributed by atoms with Crippen molar-refractivity contribution in [3.8, 4) is 5.75 Å². The molecule has 9 heteroatoms. The number of nitrogens with zero attached hydrogens (tertiary/aromatic N) is 1. The van der Waals surface area contributed by atoms with Crippen molar-refractivity contribution in [2.24, 2.45) is 0 Å². The molecule has 1 N–H and O–H groups in total. The van der Waals surface area contributed by atoms with Crippen LogP contribution < -0.4 is 0 Å². The molecule has 0 bridgehead atoms. The van der Waals surface area contributed by atoms with Crippen molar-refractivity contribution in [2.45, 2.75) is 17.7 Å². The zero-order valence-electron chi connectivity index (χ0n) is 11.0. The molecule has 1 aliphatic rings. The van der Waals surface area contributed by atoms with Crippen LogP contribution in [0.2, 0.25) is 0 Å². The van der Waals surface area contributed by atoms with Crippen LogP contribution in [0.15, 0.2) is 12.1 Å². The van der Waals surface area contributed by atoms with Gasteiger partial charge in [-0.05, 0) is 12.1 Å². The summed E-state index contributed by atoms with van der Waals surface area (Å²) in [4.78, 5) is 11.7. The molecule has 0 fully saturated rings. The maximum Gasteiger partial charge on any atom is 0.256 e. The van der Waals surface area contributed by atoms with Crippen LogP contribution in [0.5, 0.6) is 5.75 Å². The number of halogens is 5. The van der Waals surface area contributed by atoms with Gasteiger partial charge < -0.3 is 10.0 Å². The Kier molecular flexibility index (Phi) is 7.01. The summed E-state index contributed by atoms with van der Waals surface area (Å²) in [5.41, 5.74) is -1.05. The molecule has 0 saturated carbocycles. The van der Waals surface area contributed by atoms with Crippen molar-refractivity contribution in [3.05, 3.63) is 35.4 Å². The first-order chi connectivity index (χ1) is 9.81. The van der Waals surface area contributed by atoms with E-state index in [2.05, 4.69) is 22.0 Å². The van der Waals surface area contributed by atoms with Gasteiger partial charge in [0, 0.05) is 32.7 Å². The Bertz CT molecular complexity index is 589. The molecule has 117 valence electrons. The van der Waals surface area contributed by atoms with Crippen molar-refractivity contribution in [3.63, 3.8) is 0 Å². The predicted molar refractivity (Wildman–Crippen MR) is 69.7 cm³/mol. The van der Waals surface area contributed by atoms with E-state index in [9.17, 15) is 22.4 Å². The third-order valence-electron chi connectivity index (χ3n) is 2.84. The second kappa shape index (κ2) is 7.88. The molecule has 3 nitrogen and oxygen atoms in total. The van der Waals surface area contributed by atoms with Crippen molar-refractivity contribution in [1.29, 1.82) is 0 Å². The van der Waals surface area contributed by atoms with Crippen LogP contribution in [-0.4, -0.2) is 33.7 Å². The molecule has 0 spiro atoms. The topological polar surface area (TPSA) is 40.5 Å². The summed E-state index contributed by atoms with van der Waals surface area (Å²) in [6.07, 6.45) is -0.323. The standard InChI is InChI=1S/C13H9BrF4NO2.Y/c14-7-1-2-10(19(13(7)21)5-11(17)18)12-8(15)3-6(20)4-9(12)16;/h3-4,7,11,20H,1,5H2;/q-1;. The zero-order chi connectivity index (χ0) is 15.7. The number of phenolic OH excluding ortho intramolecular Hbond substituents is 1. The molecule has 1 amide bonds. The van der Waals surface area contributed by atoms with E-state index >= 15 is 0 Å². The van der Waals surface area contributed by atoms with Gasteiger partial charge in [-0.3, -0.25) is 4.79 Å². The number of hydrogen-bond acceptors (Lipinski definition) is 2. The Morgan fingerprint density at radius 1 is 1.36 bits per heavy atom. The molecular weight excluding hydrogens is 447 g/mol. The minimum absolute atomic E-state index is 0. The maximum atomic E-state index is 13.8. The van der Waals surface area contributed by atoms with E-state index in [1.807, 2.05) is 0 Å². The molecule has 1 aliphatic heterocycles. The fourth-order valence-electron chi connectivity index (χ4n) is 1.98. The zero-order valence-corrected chi connectivity index (χ0v) is 15.4. The Balaban J connectivity index is 0.00000242. The predicted octanol–water partition coefficient (Wildman–Crippen LogP) is 3.07. The van der Waals surface area contributed by atoms with Crippen LogP contribution in [0.25, 0.3) is 5.70 Å². The van der Waals surface area contributed by atoms with Crippen molar-refractivity contribution in [2.75, 3.05) is 6.54 Å². The van der Waals surface area contributed by atoms with Gasteiger partial charge in [-0.25, -0.2) is 23.6 Å². The molecule has 0 aliphatic carbocycles. The Morgan fingerprint density at radius 3 is 2.41 bits per heavy atom. The van der Waals surface area contributed by atoms with Crippen LogP contribution in [0.4, 0.5) is 17.6 Å². The van der Waals surface area contributed by atoms with E-state index in [-0.39, 0.29) is 44.8 Å². The number of alkyl halides is 3. The minimum Gasteiger partial charge on any atom is -0.508 e. The Morgan fingerprint density at radius 2 is 1.91 bits per heavy atom. The number of rotatable bonds is 3. The average Bonchev–Trinajstić information content (AvgIpc) is 2.36. The van der Waals surface area contributed by atoms with Crippen molar-refractivity contribution in [1.82, 2.24) is 4.90 Å². The summed E-state index contributed by atoms with van der Waals surface area (Å²) < 4.78 is 52.9. The number of carbonyl (C=O) groups excluding carboxylic acids is 1. The van der Waals surface area contributed by atoms with Gasteiger partial charge in [0.15, 0.2) is 0 Å². The second-order valence-electron chi connectivity index (χ2n) is 4.32. The van der Waals surface area contributed by atoms with Gasteiger partial charge in [-0.1, -0.05) is 27.9 Å². The SMILES string of the molecule is O=C1C(Br)C[C-]=C(c2c(F)cc(O)cc2F)N1CC(F)F.[Y]. The van der Waals surface area contributed by atoms with Gasteiger partial charge in [-0.2, -0.15) is 0 Å². The van der Waals surface area contributed by atoms with Crippen LogP contribution in [0, 0.1) is 17.7 Å². The molecule has 1 aromatic rings. The number of benzene rings is 1. The number of allylic oxidation sites excluding steroid dienone is 1. The molecular formula is C13H9BrF4NO2Y-. The molecule has 0 saturated heterocycles. The van der Waals surface area contributed by atoms with Crippen molar-refractivity contribution >= 4 is 27.5 Å². The first-order valence-corrected chi connectivity index (χ1v) is 6.75. The number of carbonyl (C=O) groups is 1. The van der Waals surface area contributed by atoms with Crippen LogP contribution in [-0.2, 0) is 37.5 Å². The summed E-state index contributed by atoms with van der Waals surface area (Å²) in [5.74, 6) is -3.68. The monoisotopic (exact) mass is 455 g/mol. The number of phenols is 1. The summed E-state index contributed by atoms with van der Waals surface area (Å²) >= 11 is 2.99. The molecule has 1 atom stereocenters. The van der Waals surface area contributed by atoms with E-state index in [1.54, 1.807) is 0 Å². The second-order valence-corrected chi connectivity index (χ2v) is 5.43. The van der Waals surface area contributed by atoms with Crippen LogP contribution in [0.3, 0.4) is 0 Å². The van der Waals surface area contributed by atoms with Crippen molar-refractivity contribution < 1.29 is 60.2 Å². The molecule has 2 rings (SSSR count). The van der Waals surface area contributed by atoms with Crippen LogP contribution >= 0.6 is 15.9 Å². The quantitative estimate of drug-likeness (QED) is 0.432. The van der Waals surface area contributed by atoms with E-state index in [0.29, 0.717) is 17.0 Å². The molecule has 22 heavy (non-hydrogen) atoms. The largest absolute Gasteiger partial charge is 0.508 e. The van der Waals surface area contributed by atoms with E-state index < -0.39 is 46.7 Å². The van der Waals surface area contributed by atoms with E-state index in [0.717, 1.165) is 0 Å². The normalized spacial score (nSPS) is 18.3. The third-order valence-corrected chi connectivity index (χ3v) is 3.55. The summed E-state index contributed by atoms with van der Waals surface area (Å²) in [5, 5.41) is 9.10. The third kappa shape index (κ3) is 4.08. The fraction of sp³-hybridized carbons (Fsp3) is 0.308. The van der Waals surface area contributed by atoms with Crippen LogP contribution in [0.1, 0.15) is 12.0 Å². The van der Waals surface area contributed by atoms with Gasteiger partial charge in [0.1, 0.15) is 5.75 Å². The number of hydrogen-bond donors (Lipinski definition) is 1. The van der Waals surface area contributed by atoms with Gasteiger partial charge in [0.05, 0.1) is 23.0 Å². The summed E-state index contributed by atoms with van der Waals surface area (Å²) in [7, 11) is 0. The fourth-order valence-corrected chi connectivity index (χ4v) is 2.39. The Labute approximate surface area is 157 Å². The smallest absolute Gasteiger partial charge is 0.256 e. The van der Waals surface area contributed by atoms with Gasteiger partial charge in [-0.15, -0.1) is 5.70 Å². The molecule has 1 aromatic carbocycles. The number of aromatic hydroxyl groups is 1. The molecule has 1 heterocycles. The van der Waals surface area contributed by atoms with E-state index in [1.165, 1.54) is 0 Å². The maximum absolute atomic E-state index is 13.8. The Hall–Kier alpha value is -0.466. The molecule has 1 radical (unpaired) electrons.